The molecule has 2 aliphatic rings. The summed E-state index contributed by atoms with van der Waals surface area (Å²) in [7, 11) is 0. The molecule has 3 rings (SSSR count). The van der Waals surface area contributed by atoms with Gasteiger partial charge in [0.05, 0.1) is 12.2 Å². The van der Waals surface area contributed by atoms with E-state index in [1.165, 1.54) is 5.56 Å². The van der Waals surface area contributed by atoms with E-state index < -0.39 is 0 Å². The van der Waals surface area contributed by atoms with E-state index in [0.29, 0.717) is 11.7 Å². The van der Waals surface area contributed by atoms with Crippen LogP contribution in [-0.4, -0.2) is 54.9 Å². The van der Waals surface area contributed by atoms with Gasteiger partial charge in [0.15, 0.2) is 0 Å². The van der Waals surface area contributed by atoms with E-state index in [1.54, 1.807) is 0 Å². The van der Waals surface area contributed by atoms with E-state index in [0.717, 1.165) is 58.1 Å². The zero-order valence-electron chi connectivity index (χ0n) is 14.8. The summed E-state index contributed by atoms with van der Waals surface area (Å²) in [6.45, 7) is 9.73. The van der Waals surface area contributed by atoms with Gasteiger partial charge in [-0.15, -0.1) is 0 Å². The lowest BCUT2D eigenvalue weighted by molar-refractivity contribution is -0.0704. The Balaban J connectivity index is 1.58. The fraction of sp³-hybridized carbons (Fsp3) is 0.722. The molecule has 0 saturated carbocycles. The molecule has 6 nitrogen and oxygen atoms in total. The Hall–Kier alpha value is -1.37. The molecule has 134 valence electrons. The minimum Gasteiger partial charge on any atom is -0.384 e. The van der Waals surface area contributed by atoms with Crippen molar-refractivity contribution in [1.82, 2.24) is 9.88 Å². The molecule has 0 amide bonds. The zero-order chi connectivity index (χ0) is 16.9. The van der Waals surface area contributed by atoms with Gasteiger partial charge >= 0.3 is 0 Å². The summed E-state index contributed by atoms with van der Waals surface area (Å²) in [5, 5.41) is 3.46. The molecule has 0 radical (unpaired) electrons. The van der Waals surface area contributed by atoms with Crippen LogP contribution in [0.3, 0.4) is 0 Å². The molecular formula is C18H30N4O2. The second kappa shape index (κ2) is 8.14. The molecule has 0 aromatic carbocycles. The maximum atomic E-state index is 6.01. The number of nitrogens with zero attached hydrogens (tertiary/aromatic N) is 2. The van der Waals surface area contributed by atoms with Gasteiger partial charge in [0, 0.05) is 39.4 Å². The van der Waals surface area contributed by atoms with Crippen molar-refractivity contribution in [2.75, 3.05) is 43.9 Å². The Morgan fingerprint density at radius 3 is 2.62 bits per heavy atom. The number of nitrogens with two attached hydrogens (primary N) is 1. The van der Waals surface area contributed by atoms with Crippen molar-refractivity contribution in [3.63, 3.8) is 0 Å². The van der Waals surface area contributed by atoms with Crippen molar-refractivity contribution in [2.45, 2.75) is 45.4 Å². The molecule has 0 aliphatic carbocycles. The van der Waals surface area contributed by atoms with Crippen LogP contribution >= 0.6 is 0 Å². The highest BCUT2D eigenvalue weighted by atomic mass is 16.5. The number of morpholine rings is 1. The second-order valence-electron chi connectivity index (χ2n) is 7.17. The van der Waals surface area contributed by atoms with E-state index in [4.69, 9.17) is 15.2 Å². The first kappa shape index (κ1) is 17.5. The van der Waals surface area contributed by atoms with Gasteiger partial charge in [0.25, 0.3) is 0 Å². The van der Waals surface area contributed by atoms with Crippen LogP contribution < -0.4 is 11.1 Å². The summed E-state index contributed by atoms with van der Waals surface area (Å²) < 4.78 is 11.2. The largest absolute Gasteiger partial charge is 0.384 e. The standard InChI is InChI=1S/C18H30N4O2/c1-13-10-22(11-14(2)24-13)12-16-7-17(19)21-18(8-16)20-9-15-3-5-23-6-4-15/h7-8,13-15H,3-6,9-12H2,1-2H3,(H3,19,20,21)/t13-,14+. The van der Waals surface area contributed by atoms with Crippen molar-refractivity contribution in [3.05, 3.63) is 17.7 Å². The van der Waals surface area contributed by atoms with Crippen LogP contribution in [0.5, 0.6) is 0 Å². The van der Waals surface area contributed by atoms with Gasteiger partial charge in [0.2, 0.25) is 0 Å². The lowest BCUT2D eigenvalue weighted by atomic mass is 10.0. The quantitative estimate of drug-likeness (QED) is 0.859. The molecule has 0 spiro atoms. The summed E-state index contributed by atoms with van der Waals surface area (Å²) in [4.78, 5) is 6.86. The SMILES string of the molecule is C[C@@H]1CN(Cc2cc(N)nc(NCC3CCOCC3)c2)C[C@H](C)O1. The summed E-state index contributed by atoms with van der Waals surface area (Å²) >= 11 is 0. The van der Waals surface area contributed by atoms with Crippen molar-refractivity contribution >= 4 is 11.6 Å². The molecule has 1 aromatic heterocycles. The summed E-state index contributed by atoms with van der Waals surface area (Å²) in [6, 6.07) is 4.10. The van der Waals surface area contributed by atoms with Gasteiger partial charge in [-0.1, -0.05) is 0 Å². The van der Waals surface area contributed by atoms with Crippen molar-refractivity contribution in [1.29, 1.82) is 0 Å². The molecule has 3 heterocycles. The lowest BCUT2D eigenvalue weighted by Gasteiger charge is -2.35. The van der Waals surface area contributed by atoms with E-state index in [1.807, 2.05) is 6.07 Å². The number of ether oxygens (including phenoxy) is 2. The van der Waals surface area contributed by atoms with E-state index in [9.17, 15) is 0 Å². The molecule has 2 saturated heterocycles. The van der Waals surface area contributed by atoms with Gasteiger partial charge in [-0.3, -0.25) is 4.90 Å². The fourth-order valence-corrected chi connectivity index (χ4v) is 3.66. The Bertz CT molecular complexity index is 524. The topological polar surface area (TPSA) is 72.6 Å². The van der Waals surface area contributed by atoms with Crippen LogP contribution in [0.25, 0.3) is 0 Å². The van der Waals surface area contributed by atoms with Crippen LogP contribution in [0.4, 0.5) is 11.6 Å². The van der Waals surface area contributed by atoms with Crippen molar-refractivity contribution in [3.8, 4) is 0 Å². The molecule has 6 heteroatoms. The third-order valence-electron chi connectivity index (χ3n) is 4.72. The van der Waals surface area contributed by atoms with Crippen molar-refractivity contribution < 1.29 is 9.47 Å². The molecule has 2 aliphatic heterocycles. The first-order valence-corrected chi connectivity index (χ1v) is 9.04. The summed E-state index contributed by atoms with van der Waals surface area (Å²) in [6.07, 6.45) is 2.79. The van der Waals surface area contributed by atoms with Crippen LogP contribution in [-0.2, 0) is 16.0 Å². The number of nitrogens with one attached hydrogen (secondary N) is 1. The van der Waals surface area contributed by atoms with Crippen LogP contribution in [0, 0.1) is 5.92 Å². The normalized spacial score (nSPS) is 26.4. The zero-order valence-corrected chi connectivity index (χ0v) is 14.8. The first-order chi connectivity index (χ1) is 11.6. The van der Waals surface area contributed by atoms with Crippen LogP contribution in [0.2, 0.25) is 0 Å². The van der Waals surface area contributed by atoms with Gasteiger partial charge in [0.1, 0.15) is 11.6 Å². The molecule has 2 atom stereocenters. The predicted octanol–water partition coefficient (Wildman–Crippen LogP) is 2.11. The average molecular weight is 334 g/mol. The number of anilines is 2. The fourth-order valence-electron chi connectivity index (χ4n) is 3.66. The van der Waals surface area contributed by atoms with Gasteiger partial charge in [-0.25, -0.2) is 4.98 Å². The molecule has 2 fully saturated rings. The minimum absolute atomic E-state index is 0.277. The number of aromatic nitrogens is 1. The number of hydrogen-bond acceptors (Lipinski definition) is 6. The first-order valence-electron chi connectivity index (χ1n) is 9.04. The number of hydrogen-bond donors (Lipinski definition) is 2. The number of nitrogen functional groups attached to an aromatic ring is 1. The highest BCUT2D eigenvalue weighted by Gasteiger charge is 2.22. The number of rotatable bonds is 5. The molecule has 0 unspecified atom stereocenters. The molecule has 1 aromatic rings. The smallest absolute Gasteiger partial charge is 0.128 e. The van der Waals surface area contributed by atoms with E-state index in [2.05, 4.69) is 35.1 Å². The Morgan fingerprint density at radius 2 is 1.92 bits per heavy atom. The van der Waals surface area contributed by atoms with Crippen LogP contribution in [0.1, 0.15) is 32.3 Å². The molecule has 0 bridgehead atoms. The van der Waals surface area contributed by atoms with Gasteiger partial charge in [-0.05, 0) is 50.3 Å². The Kier molecular flexibility index (Phi) is 5.92. The average Bonchev–Trinajstić information content (AvgIpc) is 2.52. The van der Waals surface area contributed by atoms with E-state index >= 15 is 0 Å². The third kappa shape index (κ3) is 5.06. The summed E-state index contributed by atoms with van der Waals surface area (Å²) in [5.41, 5.74) is 7.22. The predicted molar refractivity (Wildman–Crippen MR) is 96.0 cm³/mol. The highest BCUT2D eigenvalue weighted by Crippen LogP contribution is 2.19. The Morgan fingerprint density at radius 1 is 1.21 bits per heavy atom. The monoisotopic (exact) mass is 334 g/mol. The second-order valence-corrected chi connectivity index (χ2v) is 7.17. The molecular weight excluding hydrogens is 304 g/mol. The number of pyridine rings is 1. The minimum atomic E-state index is 0.277. The molecule has 24 heavy (non-hydrogen) atoms. The van der Waals surface area contributed by atoms with E-state index in [-0.39, 0.29) is 12.2 Å². The Labute approximate surface area is 144 Å². The molecule has 3 N–H and O–H groups in total. The van der Waals surface area contributed by atoms with Crippen LogP contribution in [0.15, 0.2) is 12.1 Å². The third-order valence-corrected chi connectivity index (χ3v) is 4.72. The van der Waals surface area contributed by atoms with Crippen molar-refractivity contribution in [2.24, 2.45) is 5.92 Å². The van der Waals surface area contributed by atoms with Gasteiger partial charge in [-0.2, -0.15) is 0 Å². The highest BCUT2D eigenvalue weighted by molar-refractivity contribution is 5.46. The lowest BCUT2D eigenvalue weighted by Crippen LogP contribution is -2.44. The van der Waals surface area contributed by atoms with Gasteiger partial charge < -0.3 is 20.5 Å². The summed E-state index contributed by atoms with van der Waals surface area (Å²) in [5.74, 6) is 2.12. The maximum absolute atomic E-state index is 6.01. The maximum Gasteiger partial charge on any atom is 0.128 e.